The maximum Gasteiger partial charge on any atom is 0.322 e. The summed E-state index contributed by atoms with van der Waals surface area (Å²) in [5, 5.41) is 5.18. The Morgan fingerprint density at radius 2 is 1.88 bits per heavy atom. The summed E-state index contributed by atoms with van der Waals surface area (Å²) in [6.45, 7) is 6.41. The van der Waals surface area contributed by atoms with Gasteiger partial charge in [-0.05, 0) is 23.1 Å². The van der Waals surface area contributed by atoms with Crippen LogP contribution in [0.1, 0.15) is 26.3 Å². The number of ether oxygens (including phenoxy) is 1. The fourth-order valence-electron chi connectivity index (χ4n) is 1.25. The number of hydrogen-bond donors (Lipinski definition) is 1. The Balaban J connectivity index is 2.69. The third kappa shape index (κ3) is 3.87. The molecule has 3 nitrogen and oxygen atoms in total. The van der Waals surface area contributed by atoms with Crippen LogP contribution in [0.25, 0.3) is 0 Å². The molecule has 88 valence electrons. The summed E-state index contributed by atoms with van der Waals surface area (Å²) >= 11 is 0.962. The van der Waals surface area contributed by atoms with E-state index in [4.69, 9.17) is 9.88 Å². The molecule has 0 atom stereocenters. The molecular weight excluding hydrogens is 222 g/mol. The number of carbonyl (C=O) groups is 1. The van der Waals surface area contributed by atoms with Crippen LogP contribution < -0.4 is 9.88 Å². The SMILES string of the molecule is CC(C)(C)c1ccc(OC(=O)CSN)cc1. The van der Waals surface area contributed by atoms with Crippen LogP contribution in [0.15, 0.2) is 24.3 Å². The Kier molecular flexibility index (Phi) is 4.38. The Hall–Kier alpha value is -1.00. The van der Waals surface area contributed by atoms with Gasteiger partial charge in [0.05, 0.1) is 0 Å². The molecule has 0 fully saturated rings. The van der Waals surface area contributed by atoms with Crippen LogP contribution in [-0.4, -0.2) is 11.7 Å². The van der Waals surface area contributed by atoms with E-state index in [9.17, 15) is 4.79 Å². The van der Waals surface area contributed by atoms with Crippen LogP contribution in [0.2, 0.25) is 0 Å². The molecule has 1 aromatic rings. The van der Waals surface area contributed by atoms with Crippen molar-refractivity contribution in [3.8, 4) is 5.75 Å². The molecule has 0 amide bonds. The number of rotatable bonds is 3. The van der Waals surface area contributed by atoms with Crippen molar-refractivity contribution in [1.82, 2.24) is 0 Å². The molecule has 1 aromatic carbocycles. The highest BCUT2D eigenvalue weighted by Gasteiger charge is 2.13. The summed E-state index contributed by atoms with van der Waals surface area (Å²) in [5.74, 6) is 0.407. The minimum absolute atomic E-state index is 0.107. The number of esters is 1. The molecule has 2 N–H and O–H groups in total. The maximum atomic E-state index is 11.2. The molecule has 0 aliphatic heterocycles. The molecule has 0 bridgehead atoms. The van der Waals surface area contributed by atoms with Crippen molar-refractivity contribution in [2.24, 2.45) is 5.14 Å². The Morgan fingerprint density at radius 1 is 1.31 bits per heavy atom. The van der Waals surface area contributed by atoms with Gasteiger partial charge in [-0.15, -0.1) is 0 Å². The van der Waals surface area contributed by atoms with E-state index >= 15 is 0 Å². The second-order valence-electron chi connectivity index (χ2n) is 4.56. The summed E-state index contributed by atoms with van der Waals surface area (Å²) < 4.78 is 5.08. The molecule has 0 heterocycles. The molecule has 0 saturated heterocycles. The van der Waals surface area contributed by atoms with Gasteiger partial charge in [-0.2, -0.15) is 0 Å². The van der Waals surface area contributed by atoms with Crippen molar-refractivity contribution in [2.45, 2.75) is 26.2 Å². The first kappa shape index (κ1) is 13.1. The van der Waals surface area contributed by atoms with Crippen molar-refractivity contribution >= 4 is 17.9 Å². The summed E-state index contributed by atoms with van der Waals surface area (Å²) in [6.07, 6.45) is 0. The average molecular weight is 239 g/mol. The largest absolute Gasteiger partial charge is 0.426 e. The number of benzene rings is 1. The molecule has 0 saturated carbocycles. The lowest BCUT2D eigenvalue weighted by atomic mass is 9.87. The van der Waals surface area contributed by atoms with Crippen LogP contribution in [0.4, 0.5) is 0 Å². The highest BCUT2D eigenvalue weighted by Crippen LogP contribution is 2.24. The molecule has 0 aliphatic rings. The molecule has 0 aliphatic carbocycles. The van der Waals surface area contributed by atoms with Gasteiger partial charge in [-0.3, -0.25) is 9.93 Å². The molecule has 4 heteroatoms. The lowest BCUT2D eigenvalue weighted by Crippen LogP contribution is -2.13. The minimum atomic E-state index is -0.323. The highest BCUT2D eigenvalue weighted by atomic mass is 32.2. The van der Waals surface area contributed by atoms with Crippen molar-refractivity contribution in [2.75, 3.05) is 5.75 Å². The second-order valence-corrected chi connectivity index (χ2v) is 5.18. The van der Waals surface area contributed by atoms with E-state index < -0.39 is 0 Å². The molecule has 0 radical (unpaired) electrons. The first-order valence-electron chi connectivity index (χ1n) is 5.06. The van der Waals surface area contributed by atoms with Crippen LogP contribution in [0, 0.1) is 0 Å². The van der Waals surface area contributed by atoms with E-state index in [-0.39, 0.29) is 17.1 Å². The Labute approximate surface area is 100 Å². The van der Waals surface area contributed by atoms with Gasteiger partial charge in [-0.1, -0.05) is 44.9 Å². The van der Waals surface area contributed by atoms with Crippen molar-refractivity contribution in [3.63, 3.8) is 0 Å². The highest BCUT2D eigenvalue weighted by molar-refractivity contribution is 7.97. The summed E-state index contributed by atoms with van der Waals surface area (Å²) in [6, 6.07) is 7.55. The fourth-order valence-corrected chi connectivity index (χ4v) is 1.45. The maximum absolute atomic E-state index is 11.2. The van der Waals surface area contributed by atoms with E-state index in [0.29, 0.717) is 5.75 Å². The molecule has 16 heavy (non-hydrogen) atoms. The summed E-state index contributed by atoms with van der Waals surface area (Å²) in [5.41, 5.74) is 1.32. The third-order valence-corrected chi connectivity index (χ3v) is 2.56. The monoisotopic (exact) mass is 239 g/mol. The lowest BCUT2D eigenvalue weighted by molar-refractivity contribution is -0.131. The van der Waals surface area contributed by atoms with E-state index in [0.717, 1.165) is 11.9 Å². The van der Waals surface area contributed by atoms with E-state index in [2.05, 4.69) is 20.8 Å². The molecular formula is C12H17NO2S. The van der Waals surface area contributed by atoms with Gasteiger partial charge in [0.1, 0.15) is 11.5 Å². The Morgan fingerprint density at radius 3 is 2.31 bits per heavy atom. The standard InChI is InChI=1S/C12H17NO2S/c1-12(2,3)9-4-6-10(7-5-9)15-11(14)8-16-13/h4-7H,8,13H2,1-3H3. The normalized spacial score (nSPS) is 11.2. The number of hydrogen-bond acceptors (Lipinski definition) is 4. The Bertz CT molecular complexity index is 354. The van der Waals surface area contributed by atoms with Gasteiger partial charge in [0.2, 0.25) is 0 Å². The van der Waals surface area contributed by atoms with Crippen LogP contribution in [0.5, 0.6) is 5.75 Å². The second kappa shape index (κ2) is 5.37. The summed E-state index contributed by atoms with van der Waals surface area (Å²) in [4.78, 5) is 11.2. The van der Waals surface area contributed by atoms with Gasteiger partial charge in [0, 0.05) is 0 Å². The molecule has 1 rings (SSSR count). The van der Waals surface area contributed by atoms with Gasteiger partial charge in [0.25, 0.3) is 0 Å². The van der Waals surface area contributed by atoms with Gasteiger partial charge < -0.3 is 4.74 Å². The third-order valence-electron chi connectivity index (χ3n) is 2.15. The molecule has 0 spiro atoms. The van der Waals surface area contributed by atoms with Gasteiger partial charge in [-0.25, -0.2) is 0 Å². The fraction of sp³-hybridized carbons (Fsp3) is 0.417. The van der Waals surface area contributed by atoms with Crippen LogP contribution in [0.3, 0.4) is 0 Å². The van der Waals surface area contributed by atoms with Gasteiger partial charge >= 0.3 is 5.97 Å². The average Bonchev–Trinajstić information content (AvgIpc) is 2.17. The predicted octanol–water partition coefficient (Wildman–Crippen LogP) is 2.50. The quantitative estimate of drug-likeness (QED) is 0.500. The zero-order chi connectivity index (χ0) is 12.2. The zero-order valence-electron chi connectivity index (χ0n) is 9.82. The molecule has 0 unspecified atom stereocenters. The predicted molar refractivity (Wildman–Crippen MR) is 67.4 cm³/mol. The summed E-state index contributed by atoms with van der Waals surface area (Å²) in [7, 11) is 0. The first-order valence-corrected chi connectivity index (χ1v) is 6.11. The van der Waals surface area contributed by atoms with E-state index in [1.54, 1.807) is 12.1 Å². The van der Waals surface area contributed by atoms with Crippen molar-refractivity contribution < 1.29 is 9.53 Å². The minimum Gasteiger partial charge on any atom is -0.426 e. The smallest absolute Gasteiger partial charge is 0.322 e. The number of nitrogens with two attached hydrogens (primary N) is 1. The first-order chi connectivity index (χ1) is 7.43. The van der Waals surface area contributed by atoms with Crippen molar-refractivity contribution in [3.05, 3.63) is 29.8 Å². The lowest BCUT2D eigenvalue weighted by Gasteiger charge is -2.18. The van der Waals surface area contributed by atoms with Crippen LogP contribution >= 0.6 is 11.9 Å². The van der Waals surface area contributed by atoms with E-state index in [1.165, 1.54) is 5.56 Å². The van der Waals surface area contributed by atoms with Gasteiger partial charge in [0.15, 0.2) is 0 Å². The van der Waals surface area contributed by atoms with E-state index in [1.807, 2.05) is 12.1 Å². The van der Waals surface area contributed by atoms with Crippen LogP contribution in [-0.2, 0) is 10.2 Å². The topological polar surface area (TPSA) is 52.3 Å². The van der Waals surface area contributed by atoms with Crippen molar-refractivity contribution in [1.29, 1.82) is 0 Å². The zero-order valence-corrected chi connectivity index (χ0v) is 10.6. The molecule has 0 aromatic heterocycles. The number of carbonyl (C=O) groups excluding carboxylic acids is 1.